The van der Waals surface area contributed by atoms with E-state index in [1.54, 1.807) is 11.3 Å². The largest absolute Gasteiger partial charge is 0.374 e. The van der Waals surface area contributed by atoms with E-state index >= 15 is 0 Å². The Balaban J connectivity index is 1.44. The highest BCUT2D eigenvalue weighted by atomic mass is 32.1. The van der Waals surface area contributed by atoms with E-state index in [1.165, 1.54) is 30.0 Å². The Morgan fingerprint density at radius 3 is 3.16 bits per heavy atom. The molecule has 0 spiro atoms. The van der Waals surface area contributed by atoms with Crippen LogP contribution in [0.3, 0.4) is 0 Å². The predicted molar refractivity (Wildman–Crippen MR) is 77.6 cm³/mol. The van der Waals surface area contributed by atoms with Crippen molar-refractivity contribution in [2.75, 3.05) is 26.2 Å². The van der Waals surface area contributed by atoms with Gasteiger partial charge < -0.3 is 10.1 Å². The molecule has 1 aromatic rings. The third kappa shape index (κ3) is 3.16. The number of aromatic nitrogens is 1. The minimum Gasteiger partial charge on any atom is -0.374 e. The van der Waals surface area contributed by atoms with Gasteiger partial charge in [-0.3, -0.25) is 4.90 Å². The summed E-state index contributed by atoms with van der Waals surface area (Å²) in [7, 11) is 0. The number of hydrogen-bond acceptors (Lipinski definition) is 5. The molecule has 5 heteroatoms. The molecule has 1 N–H and O–H groups in total. The van der Waals surface area contributed by atoms with Gasteiger partial charge in [-0.15, -0.1) is 11.3 Å². The molecule has 1 aromatic heterocycles. The van der Waals surface area contributed by atoms with Crippen LogP contribution in [0.25, 0.3) is 0 Å². The van der Waals surface area contributed by atoms with Crippen LogP contribution in [0.5, 0.6) is 0 Å². The average molecular weight is 281 g/mol. The number of fused-ring (bicyclic) bond motifs is 1. The zero-order chi connectivity index (χ0) is 13.2. The van der Waals surface area contributed by atoms with Gasteiger partial charge in [0.25, 0.3) is 0 Å². The normalized spacial score (nSPS) is 27.7. The monoisotopic (exact) mass is 281 g/mol. The summed E-state index contributed by atoms with van der Waals surface area (Å²) in [5.74, 6) is 0. The van der Waals surface area contributed by atoms with Crippen molar-refractivity contribution in [2.45, 2.75) is 45.4 Å². The Kier molecular flexibility index (Phi) is 4.17. The molecule has 2 aliphatic rings. The van der Waals surface area contributed by atoms with Crippen molar-refractivity contribution in [1.29, 1.82) is 0 Å². The molecule has 0 radical (unpaired) electrons. The maximum Gasteiger partial charge on any atom is 0.0900 e. The second kappa shape index (κ2) is 5.87. The van der Waals surface area contributed by atoms with Gasteiger partial charge in [-0.2, -0.15) is 0 Å². The van der Waals surface area contributed by atoms with Gasteiger partial charge in [-0.05, 0) is 33.2 Å². The first-order chi connectivity index (χ1) is 9.22. The average Bonchev–Trinajstić information content (AvgIpc) is 2.96. The Bertz CT molecular complexity index is 434. The standard InChI is InChI=1S/C14H23N3OS/c1-10-14(19-11(2)16-10)7-15-6-13-8-17-5-3-4-12(17)9-18-13/h12-13,15H,3-9H2,1-2H3. The summed E-state index contributed by atoms with van der Waals surface area (Å²) in [4.78, 5) is 8.41. The summed E-state index contributed by atoms with van der Waals surface area (Å²) >= 11 is 1.79. The zero-order valence-electron chi connectivity index (χ0n) is 11.8. The van der Waals surface area contributed by atoms with Crippen LogP contribution in [0, 0.1) is 13.8 Å². The molecule has 2 saturated heterocycles. The number of thiazole rings is 1. The molecule has 3 rings (SSSR count). The van der Waals surface area contributed by atoms with Crippen LogP contribution in [0.1, 0.15) is 28.4 Å². The second-order valence-electron chi connectivity index (χ2n) is 5.62. The van der Waals surface area contributed by atoms with E-state index in [9.17, 15) is 0 Å². The van der Waals surface area contributed by atoms with Gasteiger partial charge >= 0.3 is 0 Å². The van der Waals surface area contributed by atoms with Gasteiger partial charge in [-0.25, -0.2) is 4.98 Å². The quantitative estimate of drug-likeness (QED) is 0.912. The lowest BCUT2D eigenvalue weighted by molar-refractivity contribution is -0.0470. The highest BCUT2D eigenvalue weighted by Crippen LogP contribution is 2.22. The molecule has 0 aliphatic carbocycles. The first-order valence-corrected chi connectivity index (χ1v) is 8.03. The maximum atomic E-state index is 5.95. The first kappa shape index (κ1) is 13.5. The molecule has 2 unspecified atom stereocenters. The molecule has 0 bridgehead atoms. The third-order valence-corrected chi connectivity index (χ3v) is 5.19. The number of aryl methyl sites for hydroxylation is 2. The SMILES string of the molecule is Cc1nc(C)c(CNCC2CN3CCCC3CO2)s1. The minimum absolute atomic E-state index is 0.351. The molecule has 2 fully saturated rings. The summed E-state index contributed by atoms with van der Waals surface area (Å²) in [6, 6.07) is 0.697. The van der Waals surface area contributed by atoms with E-state index in [2.05, 4.69) is 29.0 Å². The highest BCUT2D eigenvalue weighted by molar-refractivity contribution is 7.11. The van der Waals surface area contributed by atoms with Crippen molar-refractivity contribution in [3.05, 3.63) is 15.6 Å². The molecule has 4 nitrogen and oxygen atoms in total. The topological polar surface area (TPSA) is 37.4 Å². The number of nitrogens with one attached hydrogen (secondary N) is 1. The molecular weight excluding hydrogens is 258 g/mol. The summed E-state index contributed by atoms with van der Waals surface area (Å²) in [6.45, 7) is 9.30. The van der Waals surface area contributed by atoms with E-state index in [0.717, 1.165) is 31.2 Å². The molecule has 0 aromatic carbocycles. The van der Waals surface area contributed by atoms with E-state index in [1.807, 2.05) is 0 Å². The van der Waals surface area contributed by atoms with Crippen LogP contribution >= 0.6 is 11.3 Å². The lowest BCUT2D eigenvalue weighted by Crippen LogP contribution is -2.49. The fourth-order valence-corrected chi connectivity index (χ4v) is 4.00. The van der Waals surface area contributed by atoms with Gasteiger partial charge in [-0.1, -0.05) is 0 Å². The van der Waals surface area contributed by atoms with Crippen LogP contribution in [-0.2, 0) is 11.3 Å². The molecular formula is C14H23N3OS. The first-order valence-electron chi connectivity index (χ1n) is 7.21. The molecule has 2 aliphatic heterocycles. The third-order valence-electron chi connectivity index (χ3n) is 4.12. The van der Waals surface area contributed by atoms with Crippen LogP contribution < -0.4 is 5.32 Å². The van der Waals surface area contributed by atoms with Crippen molar-refractivity contribution < 1.29 is 4.74 Å². The molecule has 3 heterocycles. The Labute approximate surface area is 119 Å². The van der Waals surface area contributed by atoms with E-state index in [0.29, 0.717) is 12.1 Å². The van der Waals surface area contributed by atoms with Crippen molar-refractivity contribution in [3.8, 4) is 0 Å². The van der Waals surface area contributed by atoms with Gasteiger partial charge in [0, 0.05) is 30.6 Å². The number of rotatable bonds is 4. The van der Waals surface area contributed by atoms with Crippen LogP contribution in [0.4, 0.5) is 0 Å². The number of hydrogen-bond donors (Lipinski definition) is 1. The Hall–Kier alpha value is -0.490. The van der Waals surface area contributed by atoms with Crippen molar-refractivity contribution in [3.63, 3.8) is 0 Å². The Morgan fingerprint density at radius 1 is 1.47 bits per heavy atom. The van der Waals surface area contributed by atoms with Crippen LogP contribution in [-0.4, -0.2) is 48.3 Å². The smallest absolute Gasteiger partial charge is 0.0900 e. The highest BCUT2D eigenvalue weighted by Gasteiger charge is 2.31. The van der Waals surface area contributed by atoms with Gasteiger partial charge in [0.1, 0.15) is 0 Å². The van der Waals surface area contributed by atoms with Crippen LogP contribution in [0.15, 0.2) is 0 Å². The van der Waals surface area contributed by atoms with Crippen molar-refractivity contribution >= 4 is 11.3 Å². The zero-order valence-corrected chi connectivity index (χ0v) is 12.6. The molecule has 19 heavy (non-hydrogen) atoms. The molecule has 106 valence electrons. The van der Waals surface area contributed by atoms with E-state index in [4.69, 9.17) is 4.74 Å². The predicted octanol–water partition coefficient (Wildman–Crippen LogP) is 1.71. The summed E-state index contributed by atoms with van der Waals surface area (Å²) < 4.78 is 5.95. The lowest BCUT2D eigenvalue weighted by Gasteiger charge is -2.35. The molecule has 0 saturated carbocycles. The van der Waals surface area contributed by atoms with Crippen LogP contribution in [0.2, 0.25) is 0 Å². The molecule has 2 atom stereocenters. The maximum absolute atomic E-state index is 5.95. The summed E-state index contributed by atoms with van der Waals surface area (Å²) in [6.07, 6.45) is 3.01. The second-order valence-corrected chi connectivity index (χ2v) is 6.91. The summed E-state index contributed by atoms with van der Waals surface area (Å²) in [5, 5.41) is 4.68. The Morgan fingerprint density at radius 2 is 2.37 bits per heavy atom. The van der Waals surface area contributed by atoms with Crippen molar-refractivity contribution in [2.24, 2.45) is 0 Å². The molecule has 0 amide bonds. The lowest BCUT2D eigenvalue weighted by atomic mass is 10.2. The van der Waals surface area contributed by atoms with E-state index < -0.39 is 0 Å². The van der Waals surface area contributed by atoms with Crippen molar-refractivity contribution in [1.82, 2.24) is 15.2 Å². The number of nitrogens with zero attached hydrogens (tertiary/aromatic N) is 2. The van der Waals surface area contributed by atoms with Gasteiger partial charge in [0.2, 0.25) is 0 Å². The number of ether oxygens (including phenoxy) is 1. The fraction of sp³-hybridized carbons (Fsp3) is 0.786. The number of morpholine rings is 1. The fourth-order valence-electron chi connectivity index (χ4n) is 3.09. The van der Waals surface area contributed by atoms with Gasteiger partial charge in [0.05, 0.1) is 23.4 Å². The van der Waals surface area contributed by atoms with Gasteiger partial charge in [0.15, 0.2) is 0 Å². The summed E-state index contributed by atoms with van der Waals surface area (Å²) in [5.41, 5.74) is 1.17. The minimum atomic E-state index is 0.351. The van der Waals surface area contributed by atoms with E-state index in [-0.39, 0.29) is 0 Å².